The van der Waals surface area contributed by atoms with E-state index in [1.165, 1.54) is 12.1 Å². The number of anilines is 1. The van der Waals surface area contributed by atoms with E-state index in [1.807, 2.05) is 6.92 Å². The highest BCUT2D eigenvalue weighted by atomic mass is 35.5. The molecule has 0 saturated heterocycles. The monoisotopic (exact) mass is 306 g/mol. The number of carbonyl (C=O) groups excluding carboxylic acids is 1. The average molecular weight is 307 g/mol. The molecule has 0 spiro atoms. The third-order valence-electron chi connectivity index (χ3n) is 3.17. The normalized spacial score (nSPS) is 10.4. The molecule has 0 bridgehead atoms. The summed E-state index contributed by atoms with van der Waals surface area (Å²) >= 11 is 5.86. The Balaban J connectivity index is 1.95. The van der Waals surface area contributed by atoms with Gasteiger partial charge >= 0.3 is 0 Å². The summed E-state index contributed by atoms with van der Waals surface area (Å²) in [7, 11) is 0. The van der Waals surface area contributed by atoms with Crippen LogP contribution in [-0.2, 0) is 6.42 Å². The lowest BCUT2D eigenvalue weighted by atomic mass is 10.1. The van der Waals surface area contributed by atoms with Crippen molar-refractivity contribution in [3.63, 3.8) is 0 Å². The lowest BCUT2D eigenvalue weighted by molar-refractivity contribution is 0.0954. The van der Waals surface area contributed by atoms with E-state index in [2.05, 4.69) is 5.32 Å². The molecule has 5 heteroatoms. The number of rotatable bonds is 4. The smallest absolute Gasteiger partial charge is 0.251 e. The number of carbonyl (C=O) groups is 1. The quantitative estimate of drug-likeness (QED) is 0.851. The van der Waals surface area contributed by atoms with Gasteiger partial charge in [0.1, 0.15) is 5.82 Å². The van der Waals surface area contributed by atoms with Crippen LogP contribution in [0.5, 0.6) is 0 Å². The van der Waals surface area contributed by atoms with Crippen molar-refractivity contribution in [3.05, 3.63) is 63.9 Å². The summed E-state index contributed by atoms with van der Waals surface area (Å²) in [5, 5.41) is 3.22. The van der Waals surface area contributed by atoms with Crippen LogP contribution in [0.1, 0.15) is 21.5 Å². The highest BCUT2D eigenvalue weighted by molar-refractivity contribution is 6.31. The number of hydrogen-bond donors (Lipinski definition) is 2. The number of nitrogen functional groups attached to an aromatic ring is 1. The van der Waals surface area contributed by atoms with Crippen LogP contribution in [0.4, 0.5) is 10.1 Å². The molecule has 0 aliphatic heterocycles. The minimum atomic E-state index is -0.255. The SMILES string of the molecule is Cc1cc(F)ccc1CCNC(=O)c1cc(N)cc(Cl)c1. The third kappa shape index (κ3) is 4.20. The van der Waals surface area contributed by atoms with Gasteiger partial charge in [0.2, 0.25) is 0 Å². The van der Waals surface area contributed by atoms with Crippen LogP contribution in [0.25, 0.3) is 0 Å². The van der Waals surface area contributed by atoms with Gasteiger partial charge in [0.15, 0.2) is 0 Å². The van der Waals surface area contributed by atoms with Crippen LogP contribution >= 0.6 is 11.6 Å². The fourth-order valence-electron chi connectivity index (χ4n) is 2.10. The molecule has 2 rings (SSSR count). The summed E-state index contributed by atoms with van der Waals surface area (Å²) in [6.07, 6.45) is 0.633. The first kappa shape index (κ1) is 15.3. The molecule has 0 atom stereocenters. The van der Waals surface area contributed by atoms with Gasteiger partial charge in [-0.1, -0.05) is 17.7 Å². The van der Waals surface area contributed by atoms with Crippen molar-refractivity contribution < 1.29 is 9.18 Å². The molecule has 0 radical (unpaired) electrons. The average Bonchev–Trinajstić information content (AvgIpc) is 2.40. The molecule has 2 aromatic rings. The molecule has 3 N–H and O–H groups in total. The van der Waals surface area contributed by atoms with Gasteiger partial charge in [0.25, 0.3) is 5.91 Å². The number of amides is 1. The van der Waals surface area contributed by atoms with Crippen LogP contribution in [0.3, 0.4) is 0 Å². The maximum absolute atomic E-state index is 13.0. The van der Waals surface area contributed by atoms with E-state index in [0.717, 1.165) is 11.1 Å². The van der Waals surface area contributed by atoms with Crippen molar-refractivity contribution in [2.75, 3.05) is 12.3 Å². The van der Waals surface area contributed by atoms with Crippen LogP contribution < -0.4 is 11.1 Å². The lowest BCUT2D eigenvalue weighted by Gasteiger charge is -2.08. The molecule has 0 heterocycles. The fourth-order valence-corrected chi connectivity index (χ4v) is 2.34. The Hall–Kier alpha value is -2.07. The molecule has 0 aromatic heterocycles. The molecule has 110 valence electrons. The first-order valence-electron chi connectivity index (χ1n) is 6.55. The van der Waals surface area contributed by atoms with E-state index >= 15 is 0 Å². The Morgan fingerprint density at radius 3 is 2.71 bits per heavy atom. The van der Waals surface area contributed by atoms with E-state index in [-0.39, 0.29) is 11.7 Å². The van der Waals surface area contributed by atoms with Crippen molar-refractivity contribution in [2.45, 2.75) is 13.3 Å². The molecule has 3 nitrogen and oxygen atoms in total. The predicted octanol–water partition coefficient (Wildman–Crippen LogP) is 3.34. The summed E-state index contributed by atoms with van der Waals surface area (Å²) in [5.41, 5.74) is 8.40. The molecule has 1 amide bonds. The summed E-state index contributed by atoms with van der Waals surface area (Å²) in [6, 6.07) is 9.35. The predicted molar refractivity (Wildman–Crippen MR) is 83.0 cm³/mol. The fraction of sp³-hybridized carbons (Fsp3) is 0.188. The molecule has 0 saturated carbocycles. The minimum absolute atomic E-state index is 0.232. The summed E-state index contributed by atoms with van der Waals surface area (Å²) in [4.78, 5) is 12.0. The summed E-state index contributed by atoms with van der Waals surface area (Å²) in [5.74, 6) is -0.487. The van der Waals surface area contributed by atoms with E-state index in [9.17, 15) is 9.18 Å². The molecule has 21 heavy (non-hydrogen) atoms. The second kappa shape index (κ2) is 6.59. The summed E-state index contributed by atoms with van der Waals surface area (Å²) < 4.78 is 13.0. The number of benzene rings is 2. The van der Waals surface area contributed by atoms with Crippen LogP contribution in [-0.4, -0.2) is 12.5 Å². The molecule has 2 aromatic carbocycles. The van der Waals surface area contributed by atoms with Crippen LogP contribution in [0, 0.1) is 12.7 Å². The second-order valence-electron chi connectivity index (χ2n) is 4.85. The molecule has 0 aliphatic carbocycles. The number of hydrogen-bond acceptors (Lipinski definition) is 2. The van der Waals surface area contributed by atoms with Crippen LogP contribution in [0.15, 0.2) is 36.4 Å². The topological polar surface area (TPSA) is 55.1 Å². The maximum Gasteiger partial charge on any atom is 0.251 e. The van der Waals surface area contributed by atoms with Crippen molar-refractivity contribution in [3.8, 4) is 0 Å². The van der Waals surface area contributed by atoms with Crippen molar-refractivity contribution >= 4 is 23.2 Å². The van der Waals surface area contributed by atoms with Crippen molar-refractivity contribution in [1.29, 1.82) is 0 Å². The molecular weight excluding hydrogens is 291 g/mol. The van der Waals surface area contributed by atoms with E-state index in [4.69, 9.17) is 17.3 Å². The highest BCUT2D eigenvalue weighted by Crippen LogP contribution is 2.16. The van der Waals surface area contributed by atoms with E-state index < -0.39 is 0 Å². The zero-order valence-corrected chi connectivity index (χ0v) is 12.4. The Morgan fingerprint density at radius 2 is 2.05 bits per heavy atom. The first-order valence-corrected chi connectivity index (χ1v) is 6.93. The Kier molecular flexibility index (Phi) is 4.81. The summed E-state index contributed by atoms with van der Waals surface area (Å²) in [6.45, 7) is 2.30. The lowest BCUT2D eigenvalue weighted by Crippen LogP contribution is -2.26. The molecular formula is C16H16ClFN2O. The Bertz CT molecular complexity index is 653. The number of nitrogens with two attached hydrogens (primary N) is 1. The van der Waals surface area contributed by atoms with Gasteiger partial charge in [-0.25, -0.2) is 4.39 Å². The Morgan fingerprint density at radius 1 is 1.29 bits per heavy atom. The zero-order chi connectivity index (χ0) is 15.4. The van der Waals surface area contributed by atoms with E-state index in [1.54, 1.807) is 24.3 Å². The largest absolute Gasteiger partial charge is 0.399 e. The number of nitrogens with one attached hydrogen (secondary N) is 1. The van der Waals surface area contributed by atoms with Gasteiger partial charge in [-0.3, -0.25) is 4.79 Å². The Labute approximate surface area is 127 Å². The van der Waals surface area contributed by atoms with Crippen LogP contribution in [0.2, 0.25) is 5.02 Å². The highest BCUT2D eigenvalue weighted by Gasteiger charge is 2.07. The van der Waals surface area contributed by atoms with Gasteiger partial charge in [-0.2, -0.15) is 0 Å². The van der Waals surface area contributed by atoms with Gasteiger partial charge in [0.05, 0.1) is 0 Å². The molecule has 0 unspecified atom stereocenters. The third-order valence-corrected chi connectivity index (χ3v) is 3.39. The molecule has 0 fully saturated rings. The minimum Gasteiger partial charge on any atom is -0.399 e. The van der Waals surface area contributed by atoms with Gasteiger partial charge < -0.3 is 11.1 Å². The van der Waals surface area contributed by atoms with Gasteiger partial charge in [-0.05, 0) is 54.8 Å². The van der Waals surface area contributed by atoms with Gasteiger partial charge in [0, 0.05) is 22.8 Å². The molecule has 0 aliphatic rings. The van der Waals surface area contributed by atoms with Crippen molar-refractivity contribution in [1.82, 2.24) is 5.32 Å². The maximum atomic E-state index is 13.0. The standard InChI is InChI=1S/C16H16ClFN2O/c1-10-6-14(18)3-2-11(10)4-5-20-16(21)12-7-13(17)9-15(19)8-12/h2-3,6-9H,4-5,19H2,1H3,(H,20,21). The first-order chi connectivity index (χ1) is 9.95. The zero-order valence-electron chi connectivity index (χ0n) is 11.6. The second-order valence-corrected chi connectivity index (χ2v) is 5.29. The number of halogens is 2. The van der Waals surface area contributed by atoms with E-state index in [0.29, 0.717) is 29.2 Å². The van der Waals surface area contributed by atoms with Gasteiger partial charge in [-0.15, -0.1) is 0 Å². The van der Waals surface area contributed by atoms with Crippen molar-refractivity contribution in [2.24, 2.45) is 0 Å². The number of aryl methyl sites for hydroxylation is 1.